The molecule has 0 saturated heterocycles. The molecule has 0 aliphatic rings. The maximum absolute atomic E-state index is 12.9. The van der Waals surface area contributed by atoms with Crippen LogP contribution in [0, 0.1) is 5.82 Å². The van der Waals surface area contributed by atoms with Crippen LogP contribution in [-0.2, 0) is 9.59 Å². The molecule has 0 aliphatic heterocycles. The molecule has 6 heteroatoms. The minimum atomic E-state index is -0.407. The number of anilines is 2. The van der Waals surface area contributed by atoms with Crippen molar-refractivity contribution in [2.75, 3.05) is 16.8 Å². The second-order valence-electron chi connectivity index (χ2n) is 4.64. The van der Waals surface area contributed by atoms with E-state index in [-0.39, 0.29) is 18.4 Å². The van der Waals surface area contributed by atoms with Gasteiger partial charge in [0.1, 0.15) is 12.4 Å². The van der Waals surface area contributed by atoms with Crippen LogP contribution in [-0.4, -0.2) is 18.4 Å². The molecule has 0 aromatic heterocycles. The van der Waals surface area contributed by atoms with Gasteiger partial charge in [-0.2, -0.15) is 0 Å². The van der Waals surface area contributed by atoms with E-state index in [0.29, 0.717) is 16.4 Å². The first-order valence-corrected chi connectivity index (χ1v) is 6.92. The lowest BCUT2D eigenvalue weighted by atomic mass is 10.2. The van der Waals surface area contributed by atoms with Crippen LogP contribution in [0.15, 0.2) is 48.5 Å². The number of carbonyl (C=O) groups is 2. The quantitative estimate of drug-likeness (QED) is 0.937. The summed E-state index contributed by atoms with van der Waals surface area (Å²) in [5.41, 5.74) is 0.996. The number of amides is 2. The first-order valence-electron chi connectivity index (χ1n) is 6.55. The van der Waals surface area contributed by atoms with Crippen molar-refractivity contribution < 1.29 is 14.0 Å². The van der Waals surface area contributed by atoms with E-state index in [2.05, 4.69) is 5.32 Å². The molecule has 2 rings (SSSR count). The zero-order chi connectivity index (χ0) is 16.1. The van der Waals surface area contributed by atoms with Crippen molar-refractivity contribution in [3.05, 3.63) is 59.4 Å². The number of benzene rings is 2. The van der Waals surface area contributed by atoms with Crippen LogP contribution < -0.4 is 10.2 Å². The van der Waals surface area contributed by atoms with Gasteiger partial charge in [-0.25, -0.2) is 4.39 Å². The number of rotatable bonds is 4. The molecule has 4 nitrogen and oxygen atoms in total. The summed E-state index contributed by atoms with van der Waals surface area (Å²) in [5.74, 6) is -1.09. The molecule has 22 heavy (non-hydrogen) atoms. The summed E-state index contributed by atoms with van der Waals surface area (Å²) < 4.78 is 12.9. The number of hydrogen-bond donors (Lipinski definition) is 1. The summed E-state index contributed by atoms with van der Waals surface area (Å²) in [6.45, 7) is 1.17. The molecule has 2 aromatic rings. The second-order valence-corrected chi connectivity index (χ2v) is 5.08. The molecular weight excluding hydrogens is 307 g/mol. The highest BCUT2D eigenvalue weighted by Crippen LogP contribution is 2.17. The van der Waals surface area contributed by atoms with Gasteiger partial charge in [0.05, 0.1) is 0 Å². The summed E-state index contributed by atoms with van der Waals surface area (Å²) in [6, 6.07) is 12.1. The van der Waals surface area contributed by atoms with Crippen LogP contribution in [0.2, 0.25) is 5.02 Å². The van der Waals surface area contributed by atoms with Gasteiger partial charge >= 0.3 is 0 Å². The molecule has 0 radical (unpaired) electrons. The zero-order valence-corrected chi connectivity index (χ0v) is 12.6. The molecule has 0 atom stereocenters. The summed E-state index contributed by atoms with van der Waals surface area (Å²) in [6.07, 6.45) is 0. The van der Waals surface area contributed by atoms with E-state index in [4.69, 9.17) is 11.6 Å². The van der Waals surface area contributed by atoms with Gasteiger partial charge < -0.3 is 10.2 Å². The number of hydrogen-bond acceptors (Lipinski definition) is 2. The van der Waals surface area contributed by atoms with E-state index < -0.39 is 5.82 Å². The average molecular weight is 321 g/mol. The van der Waals surface area contributed by atoms with Gasteiger partial charge in [0.2, 0.25) is 11.8 Å². The standard InChI is InChI=1S/C16H14ClFN2O2/c1-11(21)20(15-7-5-13(18)6-8-15)10-16(22)19-14-4-2-3-12(17)9-14/h2-9H,10H2,1H3,(H,19,22). The molecule has 0 heterocycles. The summed E-state index contributed by atoms with van der Waals surface area (Å²) in [5, 5.41) is 3.16. The van der Waals surface area contributed by atoms with Crippen LogP contribution in [0.5, 0.6) is 0 Å². The predicted octanol–water partition coefficient (Wildman–Crippen LogP) is 3.47. The molecule has 0 fully saturated rings. The monoisotopic (exact) mass is 320 g/mol. The van der Waals surface area contributed by atoms with Crippen LogP contribution in [0.25, 0.3) is 0 Å². The Morgan fingerprint density at radius 3 is 2.45 bits per heavy atom. The molecule has 2 amide bonds. The first kappa shape index (κ1) is 16.0. The van der Waals surface area contributed by atoms with Crippen LogP contribution in [0.4, 0.5) is 15.8 Å². The van der Waals surface area contributed by atoms with E-state index in [1.807, 2.05) is 0 Å². The molecule has 1 N–H and O–H groups in total. The Bertz CT molecular complexity index is 689. The predicted molar refractivity (Wildman–Crippen MR) is 84.5 cm³/mol. The van der Waals surface area contributed by atoms with Gasteiger partial charge in [-0.3, -0.25) is 9.59 Å². The van der Waals surface area contributed by atoms with E-state index in [0.717, 1.165) is 0 Å². The van der Waals surface area contributed by atoms with Gasteiger partial charge in [0.25, 0.3) is 0 Å². The van der Waals surface area contributed by atoms with Crippen molar-refractivity contribution in [3.8, 4) is 0 Å². The first-order chi connectivity index (χ1) is 10.5. The van der Waals surface area contributed by atoms with Crippen molar-refractivity contribution >= 4 is 34.8 Å². The Morgan fingerprint density at radius 2 is 1.86 bits per heavy atom. The highest BCUT2D eigenvalue weighted by atomic mass is 35.5. The van der Waals surface area contributed by atoms with Gasteiger partial charge in [0, 0.05) is 23.3 Å². The van der Waals surface area contributed by atoms with E-state index in [1.165, 1.54) is 36.1 Å². The fraction of sp³-hybridized carbons (Fsp3) is 0.125. The Hall–Kier alpha value is -2.40. The lowest BCUT2D eigenvalue weighted by Crippen LogP contribution is -2.36. The minimum absolute atomic E-state index is 0.173. The molecule has 114 valence electrons. The molecule has 0 spiro atoms. The molecular formula is C16H14ClFN2O2. The molecule has 0 saturated carbocycles. The maximum atomic E-state index is 12.9. The van der Waals surface area contributed by atoms with Crippen molar-refractivity contribution in [1.29, 1.82) is 0 Å². The van der Waals surface area contributed by atoms with Crippen LogP contribution in [0.3, 0.4) is 0 Å². The molecule has 0 aliphatic carbocycles. The highest BCUT2D eigenvalue weighted by Gasteiger charge is 2.16. The average Bonchev–Trinajstić information content (AvgIpc) is 2.45. The fourth-order valence-corrected chi connectivity index (χ4v) is 2.11. The number of nitrogens with zero attached hydrogens (tertiary/aromatic N) is 1. The number of carbonyl (C=O) groups excluding carboxylic acids is 2. The fourth-order valence-electron chi connectivity index (χ4n) is 1.92. The Balaban J connectivity index is 2.09. The highest BCUT2D eigenvalue weighted by molar-refractivity contribution is 6.30. The topological polar surface area (TPSA) is 49.4 Å². The van der Waals surface area contributed by atoms with E-state index in [1.54, 1.807) is 24.3 Å². The normalized spacial score (nSPS) is 10.1. The van der Waals surface area contributed by atoms with Gasteiger partial charge in [-0.05, 0) is 42.5 Å². The van der Waals surface area contributed by atoms with Crippen LogP contribution >= 0.6 is 11.6 Å². The van der Waals surface area contributed by atoms with Gasteiger partial charge in [-0.1, -0.05) is 17.7 Å². The SMILES string of the molecule is CC(=O)N(CC(=O)Nc1cccc(Cl)c1)c1ccc(F)cc1. The van der Waals surface area contributed by atoms with Crippen molar-refractivity contribution in [2.45, 2.75) is 6.92 Å². The van der Waals surface area contributed by atoms with Crippen molar-refractivity contribution in [2.24, 2.45) is 0 Å². The Morgan fingerprint density at radius 1 is 1.18 bits per heavy atom. The molecule has 0 unspecified atom stereocenters. The smallest absolute Gasteiger partial charge is 0.244 e. The molecule has 2 aromatic carbocycles. The third kappa shape index (κ3) is 4.30. The molecule has 0 bridgehead atoms. The lowest BCUT2D eigenvalue weighted by molar-refractivity contribution is -0.120. The van der Waals surface area contributed by atoms with Crippen molar-refractivity contribution in [3.63, 3.8) is 0 Å². The van der Waals surface area contributed by atoms with E-state index in [9.17, 15) is 14.0 Å². The third-order valence-corrected chi connectivity index (χ3v) is 3.16. The largest absolute Gasteiger partial charge is 0.324 e. The second kappa shape index (κ2) is 7.04. The zero-order valence-electron chi connectivity index (χ0n) is 11.8. The van der Waals surface area contributed by atoms with E-state index >= 15 is 0 Å². The summed E-state index contributed by atoms with van der Waals surface area (Å²) >= 11 is 5.84. The number of halogens is 2. The third-order valence-electron chi connectivity index (χ3n) is 2.93. The lowest BCUT2D eigenvalue weighted by Gasteiger charge is -2.20. The van der Waals surface area contributed by atoms with Gasteiger partial charge in [0.15, 0.2) is 0 Å². The maximum Gasteiger partial charge on any atom is 0.244 e. The van der Waals surface area contributed by atoms with Crippen molar-refractivity contribution in [1.82, 2.24) is 0 Å². The minimum Gasteiger partial charge on any atom is -0.324 e. The van der Waals surface area contributed by atoms with Gasteiger partial charge in [-0.15, -0.1) is 0 Å². The Labute approximate surface area is 132 Å². The van der Waals surface area contributed by atoms with Crippen LogP contribution in [0.1, 0.15) is 6.92 Å². The Kier molecular flexibility index (Phi) is 5.12. The number of nitrogens with one attached hydrogen (secondary N) is 1. The summed E-state index contributed by atoms with van der Waals surface area (Å²) in [4.78, 5) is 25.0. The summed E-state index contributed by atoms with van der Waals surface area (Å²) in [7, 11) is 0.